The molecule has 0 fully saturated rings. The number of rotatable bonds is 9. The van der Waals surface area contributed by atoms with Gasteiger partial charge in [0.2, 0.25) is 0 Å². The molecule has 3 aromatic rings. The van der Waals surface area contributed by atoms with Gasteiger partial charge in [0.1, 0.15) is 11.5 Å². The number of methoxy groups -OCH3 is 2. The van der Waals surface area contributed by atoms with Crippen molar-refractivity contribution in [2.24, 2.45) is 0 Å². The molecule has 0 radical (unpaired) electrons. The lowest BCUT2D eigenvalue weighted by atomic mass is 10.1. The minimum Gasteiger partial charge on any atom is -0.497 e. The van der Waals surface area contributed by atoms with Crippen LogP contribution in [0.5, 0.6) is 11.5 Å². The highest BCUT2D eigenvalue weighted by Gasteiger charge is 2.14. The largest absolute Gasteiger partial charge is 0.497 e. The number of H-pyrrole nitrogens is 1. The summed E-state index contributed by atoms with van der Waals surface area (Å²) in [5.74, 6) is 1.49. The van der Waals surface area contributed by atoms with Gasteiger partial charge >= 0.3 is 0 Å². The molecule has 7 nitrogen and oxygen atoms in total. The van der Waals surface area contributed by atoms with Gasteiger partial charge in [-0.05, 0) is 87.1 Å². The first-order valence-corrected chi connectivity index (χ1v) is 10.8. The molecule has 0 amide bonds. The molecule has 0 atom stereocenters. The zero-order chi connectivity index (χ0) is 23.1. The zero-order valence-corrected chi connectivity index (χ0v) is 19.8. The van der Waals surface area contributed by atoms with Crippen LogP contribution in [-0.2, 0) is 6.54 Å². The van der Waals surface area contributed by atoms with E-state index in [0.717, 1.165) is 41.9 Å². The topological polar surface area (TPSA) is 69.8 Å². The number of ether oxygens (including phenoxy) is 2. The van der Waals surface area contributed by atoms with Gasteiger partial charge in [0, 0.05) is 23.9 Å². The quantitative estimate of drug-likeness (QED) is 0.478. The number of pyridine rings is 1. The number of nitrogens with one attached hydrogen (secondary N) is 2. The Morgan fingerprint density at radius 3 is 2.34 bits per heavy atom. The molecular formula is C24H30N4O3S. The van der Waals surface area contributed by atoms with Crippen LogP contribution >= 0.6 is 12.2 Å². The highest BCUT2D eigenvalue weighted by atomic mass is 32.1. The van der Waals surface area contributed by atoms with Gasteiger partial charge in [-0.2, -0.15) is 0 Å². The molecule has 170 valence electrons. The van der Waals surface area contributed by atoms with Crippen LogP contribution in [0.25, 0.3) is 10.9 Å². The van der Waals surface area contributed by atoms with Gasteiger partial charge in [0.25, 0.3) is 5.56 Å². The molecule has 2 N–H and O–H groups in total. The summed E-state index contributed by atoms with van der Waals surface area (Å²) in [5, 5.41) is 4.80. The van der Waals surface area contributed by atoms with E-state index in [2.05, 4.69) is 15.2 Å². The van der Waals surface area contributed by atoms with Gasteiger partial charge in [-0.25, -0.2) is 0 Å². The van der Waals surface area contributed by atoms with Crippen LogP contribution < -0.4 is 20.3 Å². The maximum absolute atomic E-state index is 12.8. The number of aromatic amines is 1. The van der Waals surface area contributed by atoms with Crippen molar-refractivity contribution >= 4 is 33.9 Å². The summed E-state index contributed by atoms with van der Waals surface area (Å²) in [4.78, 5) is 19.9. The second-order valence-corrected chi connectivity index (χ2v) is 8.20. The average molecular weight is 455 g/mol. The Balaban J connectivity index is 1.81. The Morgan fingerprint density at radius 1 is 1.00 bits per heavy atom. The molecule has 0 aliphatic rings. The van der Waals surface area contributed by atoms with Gasteiger partial charge in [-0.15, -0.1) is 0 Å². The third-order valence-corrected chi connectivity index (χ3v) is 5.51. The lowest BCUT2D eigenvalue weighted by Gasteiger charge is -2.26. The smallest absolute Gasteiger partial charge is 0.253 e. The third-order valence-electron chi connectivity index (χ3n) is 5.15. The Hall–Kier alpha value is -3.10. The number of aromatic nitrogens is 1. The Kier molecular flexibility index (Phi) is 8.08. The number of nitrogens with zero attached hydrogens (tertiary/aromatic N) is 2. The molecule has 8 heteroatoms. The lowest BCUT2D eigenvalue weighted by Crippen LogP contribution is -2.37. The SMILES string of the molecule is COc1ccc(NC(=S)N(CCCN(C)C)Cc2cc3ccc(OC)cc3[nH]c2=O)cc1. The number of fused-ring (bicyclic) bond motifs is 1. The van der Waals surface area contributed by atoms with Crippen LogP contribution in [0.2, 0.25) is 0 Å². The van der Waals surface area contributed by atoms with Crippen molar-refractivity contribution in [1.82, 2.24) is 14.8 Å². The van der Waals surface area contributed by atoms with E-state index in [1.165, 1.54) is 0 Å². The van der Waals surface area contributed by atoms with Gasteiger partial charge in [0.05, 0.1) is 26.3 Å². The predicted octanol–water partition coefficient (Wildman–Crippen LogP) is 3.70. The van der Waals surface area contributed by atoms with E-state index in [1.54, 1.807) is 14.2 Å². The maximum Gasteiger partial charge on any atom is 0.253 e. The Labute approximate surface area is 193 Å². The second kappa shape index (κ2) is 11.0. The van der Waals surface area contributed by atoms with Crippen molar-refractivity contribution in [3.05, 3.63) is 64.4 Å². The Bertz CT molecular complexity index is 1110. The summed E-state index contributed by atoms with van der Waals surface area (Å²) >= 11 is 5.71. The van der Waals surface area contributed by atoms with Crippen LogP contribution in [0, 0.1) is 0 Å². The van der Waals surface area contributed by atoms with E-state index in [9.17, 15) is 4.79 Å². The molecule has 0 saturated carbocycles. The highest BCUT2D eigenvalue weighted by molar-refractivity contribution is 7.80. The molecule has 1 aromatic heterocycles. The minimum absolute atomic E-state index is 0.129. The van der Waals surface area contributed by atoms with E-state index in [0.29, 0.717) is 23.0 Å². The van der Waals surface area contributed by atoms with Crippen LogP contribution in [0.3, 0.4) is 0 Å². The highest BCUT2D eigenvalue weighted by Crippen LogP contribution is 2.20. The van der Waals surface area contributed by atoms with Crippen molar-refractivity contribution in [2.45, 2.75) is 13.0 Å². The summed E-state index contributed by atoms with van der Waals surface area (Å²) < 4.78 is 10.5. The molecule has 0 aliphatic carbocycles. The van der Waals surface area contributed by atoms with E-state index in [1.807, 2.05) is 67.5 Å². The van der Waals surface area contributed by atoms with Gasteiger partial charge in [-0.3, -0.25) is 4.79 Å². The molecule has 0 bridgehead atoms. The van der Waals surface area contributed by atoms with Crippen LogP contribution in [-0.4, -0.2) is 61.3 Å². The van der Waals surface area contributed by atoms with Crippen molar-refractivity contribution in [3.8, 4) is 11.5 Å². The summed E-state index contributed by atoms with van der Waals surface area (Å²) in [5.41, 5.74) is 2.14. The van der Waals surface area contributed by atoms with E-state index < -0.39 is 0 Å². The van der Waals surface area contributed by atoms with Crippen molar-refractivity contribution < 1.29 is 9.47 Å². The van der Waals surface area contributed by atoms with Crippen LogP contribution in [0.4, 0.5) is 5.69 Å². The van der Waals surface area contributed by atoms with Crippen molar-refractivity contribution in [2.75, 3.05) is 46.7 Å². The number of thiocarbonyl (C=S) groups is 1. The molecule has 1 heterocycles. The summed E-state index contributed by atoms with van der Waals surface area (Å²) in [6.45, 7) is 2.06. The first kappa shape index (κ1) is 23.6. The van der Waals surface area contributed by atoms with Gasteiger partial charge < -0.3 is 29.6 Å². The maximum atomic E-state index is 12.8. The van der Waals surface area contributed by atoms with Crippen LogP contribution in [0.15, 0.2) is 53.3 Å². The van der Waals surface area contributed by atoms with Crippen molar-refractivity contribution in [1.29, 1.82) is 0 Å². The molecule has 0 saturated heterocycles. The molecular weight excluding hydrogens is 424 g/mol. The number of hydrogen-bond donors (Lipinski definition) is 2. The number of hydrogen-bond acceptors (Lipinski definition) is 5. The predicted molar refractivity (Wildman–Crippen MR) is 134 cm³/mol. The first-order valence-electron chi connectivity index (χ1n) is 10.4. The molecule has 0 spiro atoms. The monoisotopic (exact) mass is 454 g/mol. The van der Waals surface area contributed by atoms with Crippen LogP contribution in [0.1, 0.15) is 12.0 Å². The van der Waals surface area contributed by atoms with E-state index in [-0.39, 0.29) is 5.56 Å². The summed E-state index contributed by atoms with van der Waals surface area (Å²) in [6, 6.07) is 15.2. The number of benzene rings is 2. The molecule has 32 heavy (non-hydrogen) atoms. The van der Waals surface area contributed by atoms with Crippen molar-refractivity contribution in [3.63, 3.8) is 0 Å². The normalized spacial score (nSPS) is 10.9. The average Bonchev–Trinajstić information content (AvgIpc) is 2.78. The first-order chi connectivity index (χ1) is 15.4. The minimum atomic E-state index is -0.129. The fraction of sp³-hybridized carbons (Fsp3) is 0.333. The summed E-state index contributed by atoms with van der Waals surface area (Å²) in [7, 11) is 7.33. The molecule has 2 aromatic carbocycles. The van der Waals surface area contributed by atoms with E-state index in [4.69, 9.17) is 21.7 Å². The fourth-order valence-corrected chi connectivity index (χ4v) is 3.66. The summed E-state index contributed by atoms with van der Waals surface area (Å²) in [6.07, 6.45) is 0.917. The second-order valence-electron chi connectivity index (χ2n) is 7.81. The molecule has 3 rings (SSSR count). The zero-order valence-electron chi connectivity index (χ0n) is 19.0. The van der Waals surface area contributed by atoms with E-state index >= 15 is 0 Å². The standard InChI is InChI=1S/C24H30N4O3S/c1-27(2)12-5-13-28(24(32)25-19-7-10-20(30-3)11-8-19)16-18-14-17-6-9-21(31-4)15-22(17)26-23(18)29/h6-11,14-15H,5,12-13,16H2,1-4H3,(H,25,32)(H,26,29). The Morgan fingerprint density at radius 2 is 1.69 bits per heavy atom. The van der Waals surface area contributed by atoms with Gasteiger partial charge in [0.15, 0.2) is 5.11 Å². The number of anilines is 1. The third kappa shape index (κ3) is 6.21. The molecule has 0 unspecified atom stereocenters. The van der Waals surface area contributed by atoms with Gasteiger partial charge in [-0.1, -0.05) is 0 Å². The fourth-order valence-electron chi connectivity index (χ4n) is 3.38. The lowest BCUT2D eigenvalue weighted by molar-refractivity contribution is 0.346. The molecule has 0 aliphatic heterocycles.